The van der Waals surface area contributed by atoms with Crippen LogP contribution in [0.15, 0.2) is 42.2 Å². The smallest absolute Gasteiger partial charge is 0.337 e. The van der Waals surface area contributed by atoms with E-state index in [-0.39, 0.29) is 22.2 Å². The van der Waals surface area contributed by atoms with Crippen LogP contribution in [0.5, 0.6) is 0 Å². The third kappa shape index (κ3) is 4.51. The Morgan fingerprint density at radius 3 is 1.88 bits per heavy atom. The fourth-order valence-electron chi connectivity index (χ4n) is 2.12. The summed E-state index contributed by atoms with van der Waals surface area (Å²) < 4.78 is 1.60. The van der Waals surface area contributed by atoms with Gasteiger partial charge in [0.25, 0.3) is 5.91 Å². The predicted molar refractivity (Wildman–Crippen MR) is 109 cm³/mol. The molecule has 0 aliphatic rings. The van der Waals surface area contributed by atoms with Crippen LogP contribution in [-0.2, 0) is 6.42 Å². The van der Waals surface area contributed by atoms with Gasteiger partial charge in [-0.15, -0.1) is 0 Å². The Labute approximate surface area is 177 Å². The molecule has 0 unspecified atom stereocenters. The van der Waals surface area contributed by atoms with Crippen molar-refractivity contribution in [1.29, 1.82) is 0 Å². The number of anilines is 1. The minimum Gasteiger partial charge on any atom is -0.478 e. The van der Waals surface area contributed by atoms with Gasteiger partial charge in [0.1, 0.15) is 0 Å². The third-order valence-corrected chi connectivity index (χ3v) is 8.09. The molecule has 0 saturated carbocycles. The van der Waals surface area contributed by atoms with Crippen LogP contribution in [0, 0.1) is 0 Å². The van der Waals surface area contributed by atoms with Crippen LogP contribution >= 0.6 is 63.7 Å². The standard InChI is InChI=1S/C16H11Br4NO4/c17-11-9(10(16(24)25)12(18)14(20)13(11)19)15(23)21-8-3-1-7(2-4-8)5-6-22/h1-4,22H,5-6H2,(H,21,23)(H,24,25). The summed E-state index contributed by atoms with van der Waals surface area (Å²) in [4.78, 5) is 24.3. The van der Waals surface area contributed by atoms with E-state index < -0.39 is 11.9 Å². The van der Waals surface area contributed by atoms with Crippen LogP contribution in [0.4, 0.5) is 5.69 Å². The molecule has 3 N–H and O–H groups in total. The number of carboxylic acid groups (broad SMARTS) is 1. The van der Waals surface area contributed by atoms with Gasteiger partial charge in [0.05, 0.1) is 11.1 Å². The number of hydrogen-bond donors (Lipinski definition) is 3. The maximum absolute atomic E-state index is 12.7. The molecular formula is C16H11Br4NO4. The Morgan fingerprint density at radius 2 is 1.40 bits per heavy atom. The summed E-state index contributed by atoms with van der Waals surface area (Å²) in [5.74, 6) is -1.79. The van der Waals surface area contributed by atoms with Crippen molar-refractivity contribution < 1.29 is 19.8 Å². The largest absolute Gasteiger partial charge is 0.478 e. The molecule has 9 heteroatoms. The highest BCUT2D eigenvalue weighted by atomic mass is 79.9. The normalized spacial score (nSPS) is 10.6. The van der Waals surface area contributed by atoms with E-state index in [9.17, 15) is 14.7 Å². The van der Waals surface area contributed by atoms with Gasteiger partial charge in [0, 0.05) is 30.2 Å². The number of halogens is 4. The molecule has 2 aromatic carbocycles. The Kier molecular flexibility index (Phi) is 7.21. The van der Waals surface area contributed by atoms with Crippen molar-refractivity contribution in [1.82, 2.24) is 0 Å². The van der Waals surface area contributed by atoms with Crippen LogP contribution < -0.4 is 5.32 Å². The monoisotopic (exact) mass is 597 g/mol. The van der Waals surface area contributed by atoms with E-state index in [2.05, 4.69) is 69.0 Å². The van der Waals surface area contributed by atoms with Crippen LogP contribution in [-0.4, -0.2) is 28.7 Å². The molecule has 0 radical (unpaired) electrons. The molecule has 0 aliphatic carbocycles. The molecule has 2 aromatic rings. The first kappa shape index (κ1) is 20.6. The minimum absolute atomic E-state index is 0.00566. The second-order valence-electron chi connectivity index (χ2n) is 4.94. The fraction of sp³-hybridized carbons (Fsp3) is 0.125. The molecule has 0 fully saturated rings. The van der Waals surface area contributed by atoms with Crippen LogP contribution in [0.25, 0.3) is 0 Å². The lowest BCUT2D eigenvalue weighted by Gasteiger charge is -2.15. The molecule has 5 nitrogen and oxygen atoms in total. The Bertz CT molecular complexity index is 837. The number of hydrogen-bond acceptors (Lipinski definition) is 3. The Hall–Kier alpha value is -0.740. The lowest BCUT2D eigenvalue weighted by Crippen LogP contribution is -2.18. The molecule has 0 saturated heterocycles. The van der Waals surface area contributed by atoms with Gasteiger partial charge in [-0.25, -0.2) is 4.79 Å². The van der Waals surface area contributed by atoms with Crippen molar-refractivity contribution in [2.24, 2.45) is 0 Å². The average Bonchev–Trinajstić information content (AvgIpc) is 2.57. The topological polar surface area (TPSA) is 86.6 Å². The summed E-state index contributed by atoms with van der Waals surface area (Å²) >= 11 is 13.1. The maximum Gasteiger partial charge on any atom is 0.337 e. The highest BCUT2D eigenvalue weighted by Crippen LogP contribution is 2.42. The van der Waals surface area contributed by atoms with Gasteiger partial charge >= 0.3 is 5.97 Å². The number of benzene rings is 2. The van der Waals surface area contributed by atoms with Gasteiger partial charge in [-0.1, -0.05) is 12.1 Å². The molecule has 1 amide bonds. The van der Waals surface area contributed by atoms with Gasteiger partial charge in [-0.2, -0.15) is 0 Å². The zero-order valence-electron chi connectivity index (χ0n) is 12.4. The van der Waals surface area contributed by atoms with Gasteiger partial charge in [-0.05, 0) is 87.8 Å². The first-order valence-corrected chi connectivity index (χ1v) is 10.1. The predicted octanol–water partition coefficient (Wildman–Crippen LogP) is 5.22. The molecule has 0 atom stereocenters. The number of aromatic carboxylic acids is 1. The van der Waals surface area contributed by atoms with Gasteiger partial charge in [-0.3, -0.25) is 4.79 Å². The number of aliphatic hydroxyl groups is 1. The molecule has 0 bridgehead atoms. The summed E-state index contributed by atoms with van der Waals surface area (Å²) in [5, 5.41) is 21.1. The Morgan fingerprint density at radius 1 is 0.880 bits per heavy atom. The zero-order chi connectivity index (χ0) is 18.7. The number of carbonyl (C=O) groups excluding carboxylic acids is 1. The lowest BCUT2D eigenvalue weighted by molar-refractivity contribution is 0.0691. The summed E-state index contributed by atoms with van der Waals surface area (Å²) in [6.45, 7) is 0.0432. The van der Waals surface area contributed by atoms with E-state index in [4.69, 9.17) is 5.11 Å². The van der Waals surface area contributed by atoms with E-state index in [1.165, 1.54) is 0 Å². The second-order valence-corrected chi connectivity index (χ2v) is 8.11. The van der Waals surface area contributed by atoms with Crippen molar-refractivity contribution in [3.63, 3.8) is 0 Å². The fourth-order valence-corrected chi connectivity index (χ4v) is 4.59. The third-order valence-electron chi connectivity index (χ3n) is 3.32. The molecule has 2 rings (SSSR count). The number of amides is 1. The number of carbonyl (C=O) groups is 2. The molecular weight excluding hydrogens is 590 g/mol. The summed E-state index contributed by atoms with van der Waals surface area (Å²) in [5.41, 5.74) is 1.29. The van der Waals surface area contributed by atoms with Crippen LogP contribution in [0.2, 0.25) is 0 Å². The highest BCUT2D eigenvalue weighted by Gasteiger charge is 2.27. The molecule has 0 heterocycles. The molecule has 25 heavy (non-hydrogen) atoms. The van der Waals surface area contributed by atoms with E-state index in [0.717, 1.165) is 5.56 Å². The van der Waals surface area contributed by atoms with Crippen LogP contribution in [0.1, 0.15) is 26.3 Å². The molecule has 0 aliphatic heterocycles. The van der Waals surface area contributed by atoms with E-state index >= 15 is 0 Å². The van der Waals surface area contributed by atoms with Gasteiger partial charge in [0.2, 0.25) is 0 Å². The molecule has 0 aromatic heterocycles. The molecule has 132 valence electrons. The summed E-state index contributed by atoms with van der Waals surface area (Å²) in [7, 11) is 0. The average molecular weight is 601 g/mol. The van der Waals surface area contributed by atoms with Crippen molar-refractivity contribution in [3.8, 4) is 0 Å². The quantitative estimate of drug-likeness (QED) is 0.325. The first-order valence-electron chi connectivity index (χ1n) is 6.88. The summed E-state index contributed by atoms with van der Waals surface area (Å²) in [6, 6.07) is 6.96. The lowest BCUT2D eigenvalue weighted by atomic mass is 10.1. The number of nitrogens with one attached hydrogen (secondary N) is 1. The Balaban J connectivity index is 2.43. The highest BCUT2D eigenvalue weighted by molar-refractivity contribution is 9.15. The maximum atomic E-state index is 12.7. The van der Waals surface area contributed by atoms with Gasteiger partial charge in [0.15, 0.2) is 0 Å². The minimum atomic E-state index is -1.23. The number of rotatable bonds is 5. The van der Waals surface area contributed by atoms with Gasteiger partial charge < -0.3 is 15.5 Å². The summed E-state index contributed by atoms with van der Waals surface area (Å²) in [6.07, 6.45) is 0.523. The first-order chi connectivity index (χ1) is 11.8. The van der Waals surface area contributed by atoms with E-state index in [1.54, 1.807) is 24.3 Å². The van der Waals surface area contributed by atoms with Crippen LogP contribution in [0.3, 0.4) is 0 Å². The van der Waals surface area contributed by atoms with Crippen molar-refractivity contribution in [2.45, 2.75) is 6.42 Å². The van der Waals surface area contributed by atoms with E-state index in [1.807, 2.05) is 0 Å². The molecule has 0 spiro atoms. The zero-order valence-corrected chi connectivity index (χ0v) is 18.8. The second kappa shape index (κ2) is 8.77. The van der Waals surface area contributed by atoms with Crippen molar-refractivity contribution >= 4 is 81.3 Å². The number of aliphatic hydroxyl groups excluding tert-OH is 1. The van der Waals surface area contributed by atoms with Crippen molar-refractivity contribution in [3.05, 3.63) is 58.8 Å². The SMILES string of the molecule is O=C(O)c1c(Br)c(Br)c(Br)c(Br)c1C(=O)Nc1ccc(CCO)cc1. The van der Waals surface area contributed by atoms with E-state index in [0.29, 0.717) is 25.5 Å². The number of carboxylic acids is 1. The van der Waals surface area contributed by atoms with Crippen molar-refractivity contribution in [2.75, 3.05) is 11.9 Å².